The Morgan fingerprint density at radius 3 is 2.08 bits per heavy atom. The van der Waals surface area contributed by atoms with Gasteiger partial charge in [0.1, 0.15) is 0 Å². The van der Waals surface area contributed by atoms with Crippen LogP contribution in [0.1, 0.15) is 34.1 Å². The summed E-state index contributed by atoms with van der Waals surface area (Å²) < 4.78 is 5.81. The molecule has 0 aromatic carbocycles. The lowest BCUT2D eigenvalue weighted by Gasteiger charge is -2.42. The Morgan fingerprint density at radius 2 is 1.54 bits per heavy atom. The van der Waals surface area contributed by atoms with E-state index in [1.54, 1.807) is 4.90 Å². The van der Waals surface area contributed by atoms with Crippen molar-refractivity contribution in [1.82, 2.24) is 14.7 Å². The molecule has 0 bridgehead atoms. The first-order valence-corrected chi connectivity index (χ1v) is 9.02. The maximum Gasteiger partial charge on any atom is 0.314 e. The third kappa shape index (κ3) is 4.60. The molecule has 2 rings (SSSR count). The van der Waals surface area contributed by atoms with E-state index < -0.39 is 6.03 Å². The molecule has 3 amide bonds. The molecule has 2 fully saturated rings. The minimum Gasteiger partial charge on any atom is -0.373 e. The number of urea groups is 1. The second-order valence-corrected chi connectivity index (χ2v) is 7.40. The minimum atomic E-state index is -0.402. The van der Waals surface area contributed by atoms with Gasteiger partial charge >= 0.3 is 6.03 Å². The monoisotopic (exact) mass is 340 g/mol. The van der Waals surface area contributed by atoms with Crippen molar-refractivity contribution in [2.24, 2.45) is 11.7 Å². The number of rotatable bonds is 3. The van der Waals surface area contributed by atoms with Crippen molar-refractivity contribution in [3.05, 3.63) is 0 Å². The molecule has 2 aliphatic heterocycles. The second-order valence-electron chi connectivity index (χ2n) is 7.40. The van der Waals surface area contributed by atoms with Gasteiger partial charge in [-0.05, 0) is 26.2 Å². The van der Waals surface area contributed by atoms with Crippen LogP contribution in [0.2, 0.25) is 0 Å². The number of nitrogens with two attached hydrogens (primary N) is 1. The Morgan fingerprint density at radius 1 is 1.00 bits per heavy atom. The normalized spacial score (nSPS) is 27.9. The molecule has 138 valence electrons. The molecule has 0 spiro atoms. The van der Waals surface area contributed by atoms with Gasteiger partial charge in [0.2, 0.25) is 5.91 Å². The molecule has 2 aliphatic rings. The molecule has 2 heterocycles. The SMILES string of the molecule is CC1CN(C(C(=O)N2CCCN(C(N)=O)CC2)C(C)C)CC(C)O1. The van der Waals surface area contributed by atoms with Crippen molar-refractivity contribution in [3.8, 4) is 0 Å². The van der Waals surface area contributed by atoms with Crippen LogP contribution >= 0.6 is 0 Å². The first-order valence-electron chi connectivity index (χ1n) is 9.02. The van der Waals surface area contributed by atoms with E-state index in [1.165, 1.54) is 0 Å². The standard InChI is InChI=1S/C17H32N4O3/c1-12(2)15(21-10-13(3)24-14(4)11-21)16(22)19-6-5-7-20(9-8-19)17(18)23/h12-15H,5-11H2,1-4H3,(H2,18,23). The smallest absolute Gasteiger partial charge is 0.314 e. The Labute approximate surface area is 145 Å². The van der Waals surface area contributed by atoms with Crippen molar-refractivity contribution in [2.45, 2.75) is 52.4 Å². The van der Waals surface area contributed by atoms with E-state index in [0.717, 1.165) is 19.5 Å². The van der Waals surface area contributed by atoms with E-state index in [9.17, 15) is 9.59 Å². The van der Waals surface area contributed by atoms with Crippen molar-refractivity contribution >= 4 is 11.9 Å². The number of primary amides is 1. The average Bonchev–Trinajstić information content (AvgIpc) is 2.71. The van der Waals surface area contributed by atoms with E-state index in [1.807, 2.05) is 4.90 Å². The van der Waals surface area contributed by atoms with E-state index in [2.05, 4.69) is 32.6 Å². The summed E-state index contributed by atoms with van der Waals surface area (Å²) in [6.07, 6.45) is 1.05. The molecule has 7 nitrogen and oxygen atoms in total. The third-order valence-corrected chi connectivity index (χ3v) is 4.84. The summed E-state index contributed by atoms with van der Waals surface area (Å²) in [6.45, 7) is 12.2. The molecular weight excluding hydrogens is 308 g/mol. The van der Waals surface area contributed by atoms with E-state index in [-0.39, 0.29) is 30.1 Å². The fourth-order valence-electron chi connectivity index (χ4n) is 3.85. The molecule has 3 atom stereocenters. The number of carbonyl (C=O) groups excluding carboxylic acids is 2. The highest BCUT2D eigenvalue weighted by atomic mass is 16.5. The number of hydrogen-bond acceptors (Lipinski definition) is 4. The van der Waals surface area contributed by atoms with Gasteiger partial charge in [0.05, 0.1) is 18.2 Å². The highest BCUT2D eigenvalue weighted by molar-refractivity contribution is 5.82. The molecule has 24 heavy (non-hydrogen) atoms. The van der Waals surface area contributed by atoms with E-state index in [4.69, 9.17) is 10.5 Å². The number of hydrogen-bond donors (Lipinski definition) is 1. The molecule has 0 aliphatic carbocycles. The van der Waals surface area contributed by atoms with Gasteiger partial charge in [0.15, 0.2) is 0 Å². The summed E-state index contributed by atoms with van der Waals surface area (Å²) in [5.41, 5.74) is 5.38. The van der Waals surface area contributed by atoms with Crippen LogP contribution in [0.4, 0.5) is 4.79 Å². The van der Waals surface area contributed by atoms with Crippen molar-refractivity contribution < 1.29 is 14.3 Å². The van der Waals surface area contributed by atoms with Crippen LogP contribution in [0.25, 0.3) is 0 Å². The zero-order valence-corrected chi connectivity index (χ0v) is 15.4. The summed E-state index contributed by atoms with van der Waals surface area (Å²) in [7, 11) is 0. The molecular formula is C17H32N4O3. The molecule has 2 N–H and O–H groups in total. The lowest BCUT2D eigenvalue weighted by molar-refractivity contribution is -0.145. The Bertz CT molecular complexity index is 447. The second kappa shape index (κ2) is 8.16. The van der Waals surface area contributed by atoms with Crippen LogP contribution in [0.15, 0.2) is 0 Å². The number of ether oxygens (including phenoxy) is 1. The topological polar surface area (TPSA) is 79.1 Å². The molecule has 0 saturated carbocycles. The van der Waals surface area contributed by atoms with E-state index >= 15 is 0 Å². The summed E-state index contributed by atoms with van der Waals surface area (Å²) in [6, 6.07) is -0.542. The van der Waals surface area contributed by atoms with Gasteiger partial charge in [-0.1, -0.05) is 13.8 Å². The van der Waals surface area contributed by atoms with Crippen LogP contribution in [0, 0.1) is 5.92 Å². The maximum absolute atomic E-state index is 13.2. The number of nitrogens with zero attached hydrogens (tertiary/aromatic N) is 3. The highest BCUT2D eigenvalue weighted by Gasteiger charge is 2.36. The number of carbonyl (C=O) groups is 2. The zero-order chi connectivity index (χ0) is 17.9. The number of morpholine rings is 1. The van der Waals surface area contributed by atoms with Crippen LogP contribution in [-0.2, 0) is 9.53 Å². The van der Waals surface area contributed by atoms with Crippen molar-refractivity contribution in [3.63, 3.8) is 0 Å². The molecule has 0 radical (unpaired) electrons. The summed E-state index contributed by atoms with van der Waals surface area (Å²) >= 11 is 0. The van der Waals surface area contributed by atoms with Crippen LogP contribution in [0.3, 0.4) is 0 Å². The van der Waals surface area contributed by atoms with Gasteiger partial charge in [-0.3, -0.25) is 9.69 Å². The van der Waals surface area contributed by atoms with Crippen LogP contribution in [-0.4, -0.2) is 84.2 Å². The Hall–Kier alpha value is -1.34. The molecule has 0 aromatic rings. The summed E-state index contributed by atoms with van der Waals surface area (Å²) in [5, 5.41) is 0. The maximum atomic E-state index is 13.2. The minimum absolute atomic E-state index is 0.136. The molecule has 7 heteroatoms. The van der Waals surface area contributed by atoms with Crippen molar-refractivity contribution in [2.75, 3.05) is 39.3 Å². The average molecular weight is 340 g/mol. The van der Waals surface area contributed by atoms with Gasteiger partial charge in [0.25, 0.3) is 0 Å². The van der Waals surface area contributed by atoms with Gasteiger partial charge < -0.3 is 20.3 Å². The number of amides is 3. The predicted octanol–water partition coefficient (Wildman–Crippen LogP) is 0.733. The van der Waals surface area contributed by atoms with Crippen molar-refractivity contribution in [1.29, 1.82) is 0 Å². The Balaban J connectivity index is 2.07. The van der Waals surface area contributed by atoms with Gasteiger partial charge in [-0.25, -0.2) is 4.79 Å². The quantitative estimate of drug-likeness (QED) is 0.822. The first kappa shape index (κ1) is 19.0. The highest BCUT2D eigenvalue weighted by Crippen LogP contribution is 2.21. The van der Waals surface area contributed by atoms with Crippen LogP contribution < -0.4 is 5.73 Å². The largest absolute Gasteiger partial charge is 0.373 e. The van der Waals surface area contributed by atoms with Crippen LogP contribution in [0.5, 0.6) is 0 Å². The van der Waals surface area contributed by atoms with E-state index in [0.29, 0.717) is 26.2 Å². The lowest BCUT2D eigenvalue weighted by atomic mass is 9.99. The zero-order valence-electron chi connectivity index (χ0n) is 15.4. The fourth-order valence-corrected chi connectivity index (χ4v) is 3.85. The Kier molecular flexibility index (Phi) is 6.46. The van der Waals surface area contributed by atoms with Gasteiger partial charge in [-0.15, -0.1) is 0 Å². The molecule has 0 aromatic heterocycles. The van der Waals surface area contributed by atoms with Gasteiger partial charge in [-0.2, -0.15) is 0 Å². The lowest BCUT2D eigenvalue weighted by Crippen LogP contribution is -2.58. The predicted molar refractivity (Wildman–Crippen MR) is 92.6 cm³/mol. The summed E-state index contributed by atoms with van der Waals surface area (Å²) in [4.78, 5) is 30.3. The molecule has 3 unspecified atom stereocenters. The first-order chi connectivity index (χ1) is 11.3. The molecule has 2 saturated heterocycles. The summed E-state index contributed by atoms with van der Waals surface area (Å²) in [5.74, 6) is 0.392. The van der Waals surface area contributed by atoms with Gasteiger partial charge in [0, 0.05) is 39.3 Å². The fraction of sp³-hybridized carbons (Fsp3) is 0.882. The third-order valence-electron chi connectivity index (χ3n) is 4.84.